The zero-order valence-corrected chi connectivity index (χ0v) is 38.0. The van der Waals surface area contributed by atoms with Crippen LogP contribution in [0.4, 0.5) is 43.7 Å². The SMILES string of the molecule is CCCN(CCC)CC(=O)N1c2ccccc2CCc2ccc(NC(=O)OCC)cc21.CCOC(=O)Nc1ccc2c(c1)N(C(=O)CN(C(C)C)C(C)C)c1ccccc1CC2. The second-order valence-corrected chi connectivity index (χ2v) is 16.2. The molecule has 4 aromatic rings. The lowest BCUT2D eigenvalue weighted by Crippen LogP contribution is -2.45. The Bertz CT molecular complexity index is 2140. The lowest BCUT2D eigenvalue weighted by Gasteiger charge is -2.33. The van der Waals surface area contributed by atoms with E-state index in [4.69, 9.17) is 9.47 Å². The highest BCUT2D eigenvalue weighted by Crippen LogP contribution is 2.39. The molecule has 0 aromatic heterocycles. The third-order valence-electron chi connectivity index (χ3n) is 11.1. The highest BCUT2D eigenvalue weighted by molar-refractivity contribution is 6.05. The van der Waals surface area contributed by atoms with E-state index in [0.29, 0.717) is 37.7 Å². The Morgan fingerprint density at radius 3 is 1.32 bits per heavy atom. The largest absolute Gasteiger partial charge is 0.450 e. The van der Waals surface area contributed by atoms with Gasteiger partial charge in [0.1, 0.15) is 0 Å². The van der Waals surface area contributed by atoms with E-state index in [1.165, 1.54) is 0 Å². The van der Waals surface area contributed by atoms with Gasteiger partial charge in [-0.15, -0.1) is 0 Å². The summed E-state index contributed by atoms with van der Waals surface area (Å²) >= 11 is 0. The first-order valence-electron chi connectivity index (χ1n) is 22.3. The first-order valence-corrected chi connectivity index (χ1v) is 22.3. The maximum atomic E-state index is 13.7. The molecule has 6 rings (SSSR count). The summed E-state index contributed by atoms with van der Waals surface area (Å²) in [4.78, 5) is 59.3. The van der Waals surface area contributed by atoms with Crippen LogP contribution in [-0.2, 0) is 44.7 Å². The summed E-state index contributed by atoms with van der Waals surface area (Å²) < 4.78 is 10.0. The fraction of sp³-hybridized carbons (Fsp3) is 0.440. The van der Waals surface area contributed by atoms with E-state index in [0.717, 1.165) is 96.6 Å². The number of hydrogen-bond donors (Lipinski definition) is 2. The van der Waals surface area contributed by atoms with E-state index in [1.54, 1.807) is 13.8 Å². The molecule has 2 heterocycles. The molecule has 0 unspecified atom stereocenters. The van der Waals surface area contributed by atoms with Gasteiger partial charge in [0.25, 0.3) is 0 Å². The molecule has 0 aliphatic carbocycles. The highest BCUT2D eigenvalue weighted by atomic mass is 16.6. The Morgan fingerprint density at radius 1 is 0.548 bits per heavy atom. The minimum atomic E-state index is -0.500. The number of carbonyl (C=O) groups is 4. The predicted octanol–water partition coefficient (Wildman–Crippen LogP) is 10.3. The number of nitrogens with zero attached hydrogens (tertiary/aromatic N) is 4. The lowest BCUT2D eigenvalue weighted by molar-refractivity contribution is -0.120. The lowest BCUT2D eigenvalue weighted by atomic mass is 10.0. The molecule has 0 saturated heterocycles. The van der Waals surface area contributed by atoms with E-state index in [2.05, 4.69) is 74.1 Å². The maximum absolute atomic E-state index is 13.7. The third-order valence-corrected chi connectivity index (χ3v) is 11.1. The van der Waals surface area contributed by atoms with Gasteiger partial charge in [-0.2, -0.15) is 0 Å². The van der Waals surface area contributed by atoms with Crippen molar-refractivity contribution in [2.24, 2.45) is 0 Å². The van der Waals surface area contributed by atoms with Crippen LogP contribution in [0.5, 0.6) is 0 Å². The summed E-state index contributed by atoms with van der Waals surface area (Å²) in [6, 6.07) is 28.2. The molecule has 0 radical (unpaired) electrons. The zero-order chi connectivity index (χ0) is 44.8. The predicted molar refractivity (Wildman–Crippen MR) is 250 cm³/mol. The Balaban J connectivity index is 0.000000234. The summed E-state index contributed by atoms with van der Waals surface area (Å²) in [5.74, 6) is 0.0667. The van der Waals surface area contributed by atoms with Crippen molar-refractivity contribution in [3.05, 3.63) is 107 Å². The summed E-state index contributed by atoms with van der Waals surface area (Å²) in [5, 5.41) is 5.53. The molecule has 2 N–H and O–H groups in total. The van der Waals surface area contributed by atoms with E-state index >= 15 is 0 Å². The van der Waals surface area contributed by atoms with Gasteiger partial charge >= 0.3 is 12.2 Å². The van der Waals surface area contributed by atoms with E-state index in [9.17, 15) is 19.2 Å². The Labute approximate surface area is 368 Å². The number of carbonyl (C=O) groups excluding carboxylic acids is 4. The smallest absolute Gasteiger partial charge is 0.411 e. The van der Waals surface area contributed by atoms with Crippen LogP contribution in [0, 0.1) is 0 Å². The average molecular weight is 847 g/mol. The molecular formula is C50H66N6O6. The second-order valence-electron chi connectivity index (χ2n) is 16.2. The van der Waals surface area contributed by atoms with E-state index in [-0.39, 0.29) is 23.9 Å². The average Bonchev–Trinajstić information content (AvgIpc) is 3.51. The molecule has 2 aliphatic heterocycles. The Hall–Kier alpha value is -5.72. The topological polar surface area (TPSA) is 124 Å². The molecule has 12 heteroatoms. The van der Waals surface area contributed by atoms with Gasteiger partial charge in [0, 0.05) is 23.5 Å². The number of hydrogen-bond acceptors (Lipinski definition) is 8. The van der Waals surface area contributed by atoms with Crippen molar-refractivity contribution in [1.82, 2.24) is 9.80 Å². The molecule has 4 aromatic carbocycles. The summed E-state index contributed by atoms with van der Waals surface area (Å²) in [6.45, 7) is 19.3. The fourth-order valence-corrected chi connectivity index (χ4v) is 8.26. The van der Waals surface area contributed by atoms with Crippen LogP contribution >= 0.6 is 0 Å². The highest BCUT2D eigenvalue weighted by Gasteiger charge is 2.30. The van der Waals surface area contributed by atoms with Crippen molar-refractivity contribution in [3.8, 4) is 0 Å². The van der Waals surface area contributed by atoms with Crippen LogP contribution in [0.15, 0.2) is 84.9 Å². The van der Waals surface area contributed by atoms with Gasteiger partial charge in [0.2, 0.25) is 11.8 Å². The number of anilines is 6. The first-order chi connectivity index (χ1) is 29.9. The van der Waals surface area contributed by atoms with Crippen molar-refractivity contribution in [3.63, 3.8) is 0 Å². The van der Waals surface area contributed by atoms with Gasteiger partial charge in [-0.1, -0.05) is 62.4 Å². The number of rotatable bonds is 14. The molecule has 0 bridgehead atoms. The minimum Gasteiger partial charge on any atom is -0.450 e. The molecule has 0 spiro atoms. The van der Waals surface area contributed by atoms with Gasteiger partial charge in [-0.3, -0.25) is 39.8 Å². The number of aryl methyl sites for hydroxylation is 4. The van der Waals surface area contributed by atoms with Gasteiger partial charge < -0.3 is 9.47 Å². The quantitative estimate of drug-likeness (QED) is 0.129. The van der Waals surface area contributed by atoms with Crippen molar-refractivity contribution in [1.29, 1.82) is 0 Å². The molecule has 0 fully saturated rings. The second kappa shape index (κ2) is 22.9. The van der Waals surface area contributed by atoms with Gasteiger partial charge in [-0.05, 0) is 152 Å². The maximum Gasteiger partial charge on any atom is 0.411 e. The van der Waals surface area contributed by atoms with E-state index < -0.39 is 12.2 Å². The monoisotopic (exact) mass is 847 g/mol. The van der Waals surface area contributed by atoms with Gasteiger partial charge in [-0.25, -0.2) is 9.59 Å². The molecule has 12 nitrogen and oxygen atoms in total. The third kappa shape index (κ3) is 12.2. The van der Waals surface area contributed by atoms with Gasteiger partial charge in [0.05, 0.1) is 49.1 Å². The molecule has 2 aliphatic rings. The molecule has 332 valence electrons. The number of para-hydroxylation sites is 2. The van der Waals surface area contributed by atoms with Crippen molar-refractivity contribution >= 4 is 58.1 Å². The normalized spacial score (nSPS) is 12.9. The standard InChI is InChI=1S/2C25H33N3O3/c1-6-31-25(30)26-21-14-13-20-12-11-19-9-7-8-10-22(19)28(23(20)15-21)24(29)16-27(17(2)3)18(4)5;1-4-15-27(16-5-2)18-24(29)28-22-10-8-7-9-19(22)11-12-20-13-14-21(17-23(20)28)26-25(30)31-6-3/h7-10,13-15,17-18H,6,11-12,16H2,1-5H3,(H,26,30);7-10,13-14,17H,4-6,11-12,15-16,18H2,1-3H3,(H,26,30). The van der Waals surface area contributed by atoms with Crippen LogP contribution in [0.2, 0.25) is 0 Å². The number of benzene rings is 4. The fourth-order valence-electron chi connectivity index (χ4n) is 8.26. The molecule has 0 saturated carbocycles. The molecule has 62 heavy (non-hydrogen) atoms. The van der Waals surface area contributed by atoms with Crippen molar-refractivity contribution < 1.29 is 28.7 Å². The van der Waals surface area contributed by atoms with Gasteiger partial charge in [0.15, 0.2) is 0 Å². The van der Waals surface area contributed by atoms with Crippen molar-refractivity contribution in [2.45, 2.75) is 106 Å². The summed E-state index contributed by atoms with van der Waals surface area (Å²) in [5.41, 5.74) is 9.19. The molecule has 0 atom stereocenters. The summed E-state index contributed by atoms with van der Waals surface area (Å²) in [6.07, 6.45) is 4.41. The Morgan fingerprint density at radius 2 is 0.935 bits per heavy atom. The molecule has 4 amide bonds. The zero-order valence-electron chi connectivity index (χ0n) is 38.0. The van der Waals surface area contributed by atoms with E-state index in [1.807, 2.05) is 82.6 Å². The minimum absolute atomic E-state index is 0.0197. The molecular weight excluding hydrogens is 781 g/mol. The Kier molecular flexibility index (Phi) is 17.5. The van der Waals surface area contributed by atoms with Crippen LogP contribution in [0.3, 0.4) is 0 Å². The first kappa shape index (κ1) is 47.3. The van der Waals surface area contributed by atoms with Crippen LogP contribution in [0.25, 0.3) is 0 Å². The number of nitrogens with one attached hydrogen (secondary N) is 2. The number of fused-ring (bicyclic) bond motifs is 4. The van der Waals surface area contributed by atoms with Crippen LogP contribution in [0.1, 0.15) is 90.5 Å². The van der Waals surface area contributed by atoms with Crippen LogP contribution < -0.4 is 20.4 Å². The van der Waals surface area contributed by atoms with Crippen molar-refractivity contribution in [2.75, 3.05) is 59.8 Å². The number of amides is 4. The number of ether oxygens (including phenoxy) is 2. The summed E-state index contributed by atoms with van der Waals surface area (Å²) in [7, 11) is 0. The van der Waals surface area contributed by atoms with Crippen LogP contribution in [-0.4, -0.2) is 85.3 Å².